The lowest BCUT2D eigenvalue weighted by molar-refractivity contribution is 0.403. The quantitative estimate of drug-likeness (QED) is 0.780. The molecule has 1 heterocycles. The van der Waals surface area contributed by atoms with Crippen molar-refractivity contribution in [3.63, 3.8) is 0 Å². The monoisotopic (exact) mass is 290 g/mol. The highest BCUT2D eigenvalue weighted by Crippen LogP contribution is 2.26. The highest BCUT2D eigenvalue weighted by Gasteiger charge is 2.22. The molecule has 1 aromatic heterocycles. The standard InChI is InChI=1S/C17H30N4/c1-5-9-18-12-14-6-7-16-15(11-14)13(2)19-17(20-16)8-10-21(3)4/h14,18H,5-12H2,1-4H3. The topological polar surface area (TPSA) is 41.1 Å². The van der Waals surface area contributed by atoms with E-state index in [2.05, 4.69) is 38.2 Å². The van der Waals surface area contributed by atoms with Crippen LogP contribution in [0.15, 0.2) is 0 Å². The predicted octanol–water partition coefficient (Wildman–Crippen LogP) is 1.99. The van der Waals surface area contributed by atoms with Crippen molar-refractivity contribution in [3.05, 3.63) is 22.8 Å². The van der Waals surface area contributed by atoms with Gasteiger partial charge in [0.1, 0.15) is 5.82 Å². The minimum Gasteiger partial charge on any atom is -0.316 e. The molecule has 1 atom stereocenters. The average Bonchev–Trinajstić information content (AvgIpc) is 2.46. The molecule has 1 aliphatic carbocycles. The molecule has 0 saturated carbocycles. The van der Waals surface area contributed by atoms with Gasteiger partial charge >= 0.3 is 0 Å². The van der Waals surface area contributed by atoms with Crippen LogP contribution in [0, 0.1) is 12.8 Å². The molecule has 4 heteroatoms. The molecule has 0 aliphatic heterocycles. The first-order valence-corrected chi connectivity index (χ1v) is 8.30. The molecule has 0 bridgehead atoms. The van der Waals surface area contributed by atoms with E-state index in [1.54, 1.807) is 0 Å². The van der Waals surface area contributed by atoms with Crippen molar-refractivity contribution in [2.24, 2.45) is 5.92 Å². The van der Waals surface area contributed by atoms with E-state index in [1.165, 1.54) is 29.8 Å². The summed E-state index contributed by atoms with van der Waals surface area (Å²) in [5.74, 6) is 1.77. The van der Waals surface area contributed by atoms with Crippen LogP contribution in [0.25, 0.3) is 0 Å². The van der Waals surface area contributed by atoms with Crippen molar-refractivity contribution in [2.75, 3.05) is 33.7 Å². The van der Waals surface area contributed by atoms with Gasteiger partial charge in [0, 0.05) is 24.4 Å². The van der Waals surface area contributed by atoms with Crippen LogP contribution < -0.4 is 5.32 Å². The molecule has 118 valence electrons. The van der Waals surface area contributed by atoms with Crippen LogP contribution in [0.5, 0.6) is 0 Å². The number of rotatable bonds is 7. The van der Waals surface area contributed by atoms with E-state index in [0.717, 1.165) is 50.6 Å². The summed E-state index contributed by atoms with van der Waals surface area (Å²) in [6.45, 7) is 7.65. The van der Waals surface area contributed by atoms with Gasteiger partial charge in [-0.3, -0.25) is 0 Å². The van der Waals surface area contributed by atoms with E-state index in [9.17, 15) is 0 Å². The van der Waals surface area contributed by atoms with Crippen molar-refractivity contribution in [2.45, 2.75) is 46.0 Å². The fraction of sp³-hybridized carbons (Fsp3) is 0.765. The number of nitrogens with zero attached hydrogens (tertiary/aromatic N) is 3. The third kappa shape index (κ3) is 4.75. The van der Waals surface area contributed by atoms with Gasteiger partial charge in [0.05, 0.1) is 0 Å². The summed E-state index contributed by atoms with van der Waals surface area (Å²) in [5.41, 5.74) is 3.93. The maximum Gasteiger partial charge on any atom is 0.130 e. The minimum absolute atomic E-state index is 0.749. The molecule has 1 aromatic rings. The maximum absolute atomic E-state index is 4.82. The molecule has 0 aromatic carbocycles. The van der Waals surface area contributed by atoms with Crippen molar-refractivity contribution in [1.82, 2.24) is 20.2 Å². The van der Waals surface area contributed by atoms with E-state index < -0.39 is 0 Å². The van der Waals surface area contributed by atoms with Gasteiger partial charge < -0.3 is 10.2 Å². The van der Waals surface area contributed by atoms with Gasteiger partial charge in [-0.1, -0.05) is 6.92 Å². The summed E-state index contributed by atoms with van der Waals surface area (Å²) in [6, 6.07) is 0. The van der Waals surface area contributed by atoms with E-state index in [4.69, 9.17) is 9.97 Å². The van der Waals surface area contributed by atoms with Crippen LogP contribution in [0.3, 0.4) is 0 Å². The number of aromatic nitrogens is 2. The summed E-state index contributed by atoms with van der Waals surface area (Å²) in [6.07, 6.45) is 5.68. The Hall–Kier alpha value is -1.00. The fourth-order valence-corrected chi connectivity index (χ4v) is 3.01. The molecular weight excluding hydrogens is 260 g/mol. The minimum atomic E-state index is 0.749. The molecule has 1 aliphatic rings. The van der Waals surface area contributed by atoms with E-state index in [-0.39, 0.29) is 0 Å². The van der Waals surface area contributed by atoms with Crippen molar-refractivity contribution in [1.29, 1.82) is 0 Å². The molecule has 0 saturated heterocycles. The van der Waals surface area contributed by atoms with Gasteiger partial charge in [-0.05, 0) is 71.3 Å². The Bertz CT molecular complexity index is 456. The largest absolute Gasteiger partial charge is 0.316 e. The van der Waals surface area contributed by atoms with Crippen LogP contribution in [0.1, 0.15) is 42.5 Å². The van der Waals surface area contributed by atoms with E-state index in [1.807, 2.05) is 0 Å². The van der Waals surface area contributed by atoms with Gasteiger partial charge in [-0.2, -0.15) is 0 Å². The second-order valence-corrected chi connectivity index (χ2v) is 6.52. The zero-order valence-corrected chi connectivity index (χ0v) is 14.1. The number of aryl methyl sites for hydroxylation is 2. The van der Waals surface area contributed by atoms with Crippen molar-refractivity contribution >= 4 is 0 Å². The molecule has 0 fully saturated rings. The van der Waals surface area contributed by atoms with Gasteiger partial charge in [-0.15, -0.1) is 0 Å². The third-order valence-corrected chi connectivity index (χ3v) is 4.27. The molecule has 0 radical (unpaired) electrons. The molecule has 2 rings (SSSR count). The highest BCUT2D eigenvalue weighted by molar-refractivity contribution is 5.28. The van der Waals surface area contributed by atoms with Crippen LogP contribution in [0.4, 0.5) is 0 Å². The van der Waals surface area contributed by atoms with Gasteiger partial charge in [0.25, 0.3) is 0 Å². The van der Waals surface area contributed by atoms with Gasteiger partial charge in [-0.25, -0.2) is 9.97 Å². The number of fused-ring (bicyclic) bond motifs is 1. The zero-order chi connectivity index (χ0) is 15.2. The third-order valence-electron chi connectivity index (χ3n) is 4.27. The summed E-state index contributed by atoms with van der Waals surface area (Å²) in [4.78, 5) is 11.7. The van der Waals surface area contributed by atoms with Gasteiger partial charge in [0.15, 0.2) is 0 Å². The Morgan fingerprint density at radius 1 is 1.29 bits per heavy atom. The highest BCUT2D eigenvalue weighted by atomic mass is 15.1. The Labute approximate surface area is 129 Å². The molecule has 21 heavy (non-hydrogen) atoms. The van der Waals surface area contributed by atoms with E-state index in [0.29, 0.717) is 0 Å². The molecule has 4 nitrogen and oxygen atoms in total. The van der Waals surface area contributed by atoms with Gasteiger partial charge in [0.2, 0.25) is 0 Å². The van der Waals surface area contributed by atoms with Crippen LogP contribution in [0.2, 0.25) is 0 Å². The molecule has 0 spiro atoms. The molecular formula is C17H30N4. The summed E-state index contributed by atoms with van der Waals surface area (Å²) >= 11 is 0. The second kappa shape index (κ2) is 7.85. The van der Waals surface area contributed by atoms with Crippen LogP contribution in [-0.4, -0.2) is 48.6 Å². The lowest BCUT2D eigenvalue weighted by atomic mass is 9.85. The first-order chi connectivity index (χ1) is 10.1. The maximum atomic E-state index is 4.82. The molecule has 1 N–H and O–H groups in total. The normalized spacial score (nSPS) is 18.0. The zero-order valence-electron chi connectivity index (χ0n) is 14.1. The number of hydrogen-bond donors (Lipinski definition) is 1. The Morgan fingerprint density at radius 2 is 2.10 bits per heavy atom. The molecule has 0 amide bonds. The lowest BCUT2D eigenvalue weighted by Crippen LogP contribution is -2.29. The number of nitrogens with one attached hydrogen (secondary N) is 1. The van der Waals surface area contributed by atoms with Crippen molar-refractivity contribution < 1.29 is 0 Å². The fourth-order valence-electron chi connectivity index (χ4n) is 3.01. The van der Waals surface area contributed by atoms with Crippen LogP contribution >= 0.6 is 0 Å². The smallest absolute Gasteiger partial charge is 0.130 e. The van der Waals surface area contributed by atoms with Crippen molar-refractivity contribution in [3.8, 4) is 0 Å². The summed E-state index contributed by atoms with van der Waals surface area (Å²) in [7, 11) is 4.19. The lowest BCUT2D eigenvalue weighted by Gasteiger charge is -2.25. The average molecular weight is 290 g/mol. The number of likely N-dealkylation sites (N-methyl/N-ethyl adjacent to an activating group) is 1. The first kappa shape index (κ1) is 16.4. The summed E-state index contributed by atoms with van der Waals surface area (Å²) in [5, 5.41) is 3.55. The van der Waals surface area contributed by atoms with Crippen LogP contribution in [-0.2, 0) is 19.3 Å². The van der Waals surface area contributed by atoms with E-state index >= 15 is 0 Å². The Morgan fingerprint density at radius 3 is 2.81 bits per heavy atom. The SMILES string of the molecule is CCCNCC1CCc2nc(CCN(C)C)nc(C)c2C1. The first-order valence-electron chi connectivity index (χ1n) is 8.30. The summed E-state index contributed by atoms with van der Waals surface area (Å²) < 4.78 is 0. The Balaban J connectivity index is 2.00. The second-order valence-electron chi connectivity index (χ2n) is 6.52. The molecule has 1 unspecified atom stereocenters. The number of hydrogen-bond acceptors (Lipinski definition) is 4. The predicted molar refractivity (Wildman–Crippen MR) is 87.7 cm³/mol. The Kier molecular flexibility index (Phi) is 6.12.